The van der Waals surface area contributed by atoms with Gasteiger partial charge in [0.1, 0.15) is 22.2 Å². The molecule has 0 bridgehead atoms. The highest BCUT2D eigenvalue weighted by Gasteiger charge is 2.39. The first-order chi connectivity index (χ1) is 19.7. The van der Waals surface area contributed by atoms with E-state index in [4.69, 9.17) is 21.1 Å². The Morgan fingerprint density at radius 2 is 1.34 bits per heavy atom. The Kier molecular flexibility index (Phi) is 7.64. The number of hydrogen-bond donors (Lipinski definition) is 1. The molecule has 2 amide bonds. The van der Waals surface area contributed by atoms with Crippen molar-refractivity contribution in [2.24, 2.45) is 0 Å². The minimum absolute atomic E-state index is 0.0543. The van der Waals surface area contributed by atoms with E-state index in [2.05, 4.69) is 31.3 Å². The summed E-state index contributed by atoms with van der Waals surface area (Å²) >= 11 is 6.23. The number of benzene rings is 4. The molecule has 1 heterocycles. The van der Waals surface area contributed by atoms with Crippen molar-refractivity contribution in [3.8, 4) is 11.5 Å². The maximum Gasteiger partial charge on any atom is 0.343 e. The topological polar surface area (TPSA) is 84.9 Å². The molecule has 206 valence electrons. The summed E-state index contributed by atoms with van der Waals surface area (Å²) in [6.07, 6.45) is 0. The number of anilines is 2. The summed E-state index contributed by atoms with van der Waals surface area (Å²) in [5.74, 6) is -0.736. The quantitative estimate of drug-likeness (QED) is 0.145. The predicted molar refractivity (Wildman–Crippen MR) is 158 cm³/mol. The molecule has 0 aromatic heterocycles. The van der Waals surface area contributed by atoms with E-state index in [9.17, 15) is 14.4 Å². The molecule has 1 aliphatic rings. The van der Waals surface area contributed by atoms with Gasteiger partial charge in [-0.05, 0) is 71.8 Å². The molecule has 0 spiro atoms. The highest BCUT2D eigenvalue weighted by molar-refractivity contribution is 6.53. The second-order valence-corrected chi connectivity index (χ2v) is 10.3. The van der Waals surface area contributed by atoms with Crippen molar-refractivity contribution in [1.29, 1.82) is 0 Å². The number of methoxy groups -OCH3 is 1. The van der Waals surface area contributed by atoms with Gasteiger partial charge in [-0.1, -0.05) is 67.9 Å². The number of halogens is 1. The third kappa shape index (κ3) is 5.58. The monoisotopic (exact) mass is 566 g/mol. The van der Waals surface area contributed by atoms with Gasteiger partial charge in [-0.25, -0.2) is 9.69 Å². The number of ether oxygens (including phenoxy) is 2. The largest absolute Gasteiger partial charge is 0.497 e. The lowest BCUT2D eigenvalue weighted by Gasteiger charge is -2.26. The van der Waals surface area contributed by atoms with Crippen LogP contribution in [-0.2, 0) is 15.0 Å². The van der Waals surface area contributed by atoms with E-state index in [-0.39, 0.29) is 16.1 Å². The van der Waals surface area contributed by atoms with Crippen LogP contribution in [0.15, 0.2) is 114 Å². The Hall–Kier alpha value is -4.88. The number of imide groups is 1. The summed E-state index contributed by atoms with van der Waals surface area (Å²) in [7, 11) is 1.53. The Morgan fingerprint density at radius 3 is 1.95 bits per heavy atom. The number of amides is 2. The number of carbonyl (C=O) groups is 3. The van der Waals surface area contributed by atoms with Crippen molar-refractivity contribution < 1.29 is 23.9 Å². The minimum Gasteiger partial charge on any atom is -0.497 e. The lowest BCUT2D eigenvalue weighted by Crippen LogP contribution is -2.32. The average Bonchev–Trinajstić information content (AvgIpc) is 3.21. The number of carbonyl (C=O) groups excluding carboxylic acids is 3. The van der Waals surface area contributed by atoms with Gasteiger partial charge in [0.25, 0.3) is 11.8 Å². The molecule has 4 aromatic rings. The number of nitrogens with zero attached hydrogens (tertiary/aromatic N) is 1. The number of nitrogens with one attached hydrogen (secondary N) is 1. The van der Waals surface area contributed by atoms with Crippen LogP contribution in [0.5, 0.6) is 11.5 Å². The third-order valence-corrected chi connectivity index (χ3v) is 7.38. The molecule has 7 nitrogen and oxygen atoms in total. The summed E-state index contributed by atoms with van der Waals surface area (Å²) in [5, 5.41) is 2.67. The molecule has 4 aromatic carbocycles. The molecule has 0 aliphatic carbocycles. The van der Waals surface area contributed by atoms with Crippen LogP contribution in [0, 0.1) is 0 Å². The molecule has 0 radical (unpaired) electrons. The van der Waals surface area contributed by atoms with Crippen molar-refractivity contribution in [2.45, 2.75) is 19.3 Å². The minimum atomic E-state index is -0.636. The molecule has 0 unspecified atom stereocenters. The van der Waals surface area contributed by atoms with Crippen molar-refractivity contribution in [1.82, 2.24) is 0 Å². The highest BCUT2D eigenvalue weighted by Crippen LogP contribution is 2.33. The van der Waals surface area contributed by atoms with E-state index in [1.807, 2.05) is 30.3 Å². The van der Waals surface area contributed by atoms with Gasteiger partial charge in [0.05, 0.1) is 18.4 Å². The van der Waals surface area contributed by atoms with Crippen molar-refractivity contribution in [3.63, 3.8) is 0 Å². The van der Waals surface area contributed by atoms with Crippen LogP contribution in [0.25, 0.3) is 0 Å². The maximum absolute atomic E-state index is 13.0. The van der Waals surface area contributed by atoms with E-state index < -0.39 is 17.8 Å². The zero-order chi connectivity index (χ0) is 29.1. The standard InChI is InChI=1S/C33H27ClN2O5/c1-33(2,22-7-5-4-6-8-22)23-11-17-27(18-12-23)41-32(39)21-9-13-24(14-10-21)35-29-28(34)30(37)36(31(29)38)25-15-19-26(40-3)20-16-25/h4-20,35H,1-3H3. The molecule has 0 saturated carbocycles. The van der Waals surface area contributed by atoms with Crippen LogP contribution >= 0.6 is 11.6 Å². The van der Waals surface area contributed by atoms with Crippen molar-refractivity contribution in [2.75, 3.05) is 17.3 Å². The highest BCUT2D eigenvalue weighted by atomic mass is 35.5. The molecule has 8 heteroatoms. The SMILES string of the molecule is COc1ccc(N2C(=O)C(Cl)=C(Nc3ccc(C(=O)Oc4ccc(C(C)(C)c5ccccc5)cc4)cc3)C2=O)cc1. The fraction of sp³-hybridized carbons (Fsp3) is 0.121. The second-order valence-electron chi connectivity index (χ2n) is 9.94. The van der Waals surface area contributed by atoms with Gasteiger partial charge in [-0.2, -0.15) is 0 Å². The van der Waals surface area contributed by atoms with E-state index in [1.54, 1.807) is 60.7 Å². The van der Waals surface area contributed by atoms with Gasteiger partial charge < -0.3 is 14.8 Å². The van der Waals surface area contributed by atoms with E-state index in [1.165, 1.54) is 12.7 Å². The molecular formula is C33H27ClN2O5. The van der Waals surface area contributed by atoms with E-state index in [0.29, 0.717) is 28.4 Å². The van der Waals surface area contributed by atoms with Crippen LogP contribution in [-0.4, -0.2) is 24.9 Å². The summed E-state index contributed by atoms with van der Waals surface area (Å²) in [6.45, 7) is 4.29. The molecule has 1 N–H and O–H groups in total. The van der Waals surface area contributed by atoms with Crippen LogP contribution in [0.4, 0.5) is 11.4 Å². The van der Waals surface area contributed by atoms with Gasteiger partial charge in [0.15, 0.2) is 0 Å². The van der Waals surface area contributed by atoms with Gasteiger partial charge in [0.2, 0.25) is 0 Å². The van der Waals surface area contributed by atoms with Gasteiger partial charge in [-0.15, -0.1) is 0 Å². The molecule has 5 rings (SSSR count). The Morgan fingerprint density at radius 1 is 0.756 bits per heavy atom. The average molecular weight is 567 g/mol. The summed E-state index contributed by atoms with van der Waals surface area (Å²) in [6, 6.07) is 30.5. The Balaban J connectivity index is 1.24. The fourth-order valence-corrected chi connectivity index (χ4v) is 4.75. The van der Waals surface area contributed by atoms with Crippen LogP contribution in [0.1, 0.15) is 35.3 Å². The Labute approximate surface area is 243 Å². The first-order valence-electron chi connectivity index (χ1n) is 12.9. The van der Waals surface area contributed by atoms with Crippen molar-refractivity contribution >= 4 is 40.8 Å². The van der Waals surface area contributed by atoms with Gasteiger partial charge >= 0.3 is 5.97 Å². The molecule has 41 heavy (non-hydrogen) atoms. The summed E-state index contributed by atoms with van der Waals surface area (Å²) in [5.41, 5.74) is 3.18. The Bertz CT molecular complexity index is 1630. The normalized spacial score (nSPS) is 13.4. The molecule has 0 saturated heterocycles. The first-order valence-corrected chi connectivity index (χ1v) is 13.2. The van der Waals surface area contributed by atoms with Crippen LogP contribution in [0.2, 0.25) is 0 Å². The van der Waals surface area contributed by atoms with E-state index in [0.717, 1.165) is 10.5 Å². The summed E-state index contributed by atoms with van der Waals surface area (Å²) < 4.78 is 10.7. The second kappa shape index (κ2) is 11.3. The number of esters is 1. The van der Waals surface area contributed by atoms with E-state index >= 15 is 0 Å². The lowest BCUT2D eigenvalue weighted by atomic mass is 9.78. The molecule has 0 atom stereocenters. The molecule has 0 fully saturated rings. The predicted octanol–water partition coefficient (Wildman–Crippen LogP) is 6.68. The molecule has 1 aliphatic heterocycles. The number of hydrogen-bond acceptors (Lipinski definition) is 6. The van der Waals surface area contributed by atoms with Crippen LogP contribution < -0.4 is 19.7 Å². The van der Waals surface area contributed by atoms with Crippen molar-refractivity contribution in [3.05, 3.63) is 131 Å². The third-order valence-electron chi connectivity index (χ3n) is 7.03. The maximum atomic E-state index is 13.0. The smallest absolute Gasteiger partial charge is 0.343 e. The lowest BCUT2D eigenvalue weighted by molar-refractivity contribution is -0.120. The number of rotatable bonds is 8. The first kappa shape index (κ1) is 27.7. The zero-order valence-electron chi connectivity index (χ0n) is 22.7. The van der Waals surface area contributed by atoms with Gasteiger partial charge in [-0.3, -0.25) is 9.59 Å². The fourth-order valence-electron chi connectivity index (χ4n) is 4.54. The van der Waals surface area contributed by atoms with Crippen LogP contribution in [0.3, 0.4) is 0 Å². The zero-order valence-corrected chi connectivity index (χ0v) is 23.4. The molecular weight excluding hydrogens is 540 g/mol. The van der Waals surface area contributed by atoms with Gasteiger partial charge in [0, 0.05) is 11.1 Å². The summed E-state index contributed by atoms with van der Waals surface area (Å²) in [4.78, 5) is 39.5.